The number of pyridine rings is 1. The van der Waals surface area contributed by atoms with E-state index >= 15 is 0 Å². The van der Waals surface area contributed by atoms with Crippen molar-refractivity contribution in [1.82, 2.24) is 9.38 Å². The van der Waals surface area contributed by atoms with Crippen LogP contribution >= 0.6 is 0 Å². The first kappa shape index (κ1) is 26.8. The molecule has 6 heteroatoms. The van der Waals surface area contributed by atoms with Crippen LogP contribution in [-0.2, 0) is 0 Å². The molecule has 2 heterocycles. The Hall–Kier alpha value is -1.76. The van der Waals surface area contributed by atoms with Gasteiger partial charge in [0.05, 0.1) is 0 Å². The zero-order chi connectivity index (χ0) is 24.4. The van der Waals surface area contributed by atoms with Gasteiger partial charge in [-0.1, -0.05) is 0 Å². The van der Waals surface area contributed by atoms with Gasteiger partial charge in [0.1, 0.15) is 0 Å². The number of rotatable bonds is 15. The fraction of sp³-hybridized carbons (Fsp3) is 0.536. The van der Waals surface area contributed by atoms with E-state index in [0.29, 0.717) is 11.5 Å². The summed E-state index contributed by atoms with van der Waals surface area (Å²) in [6.45, 7) is 6.47. The second kappa shape index (κ2) is 13.4. The molecular formula is C28H41FN2O2Sn. The summed E-state index contributed by atoms with van der Waals surface area (Å²) in [4.78, 5) is 4.89. The molecule has 0 fully saturated rings. The number of hydrogen-bond acceptors (Lipinski definition) is 3. The predicted molar refractivity (Wildman–Crippen MR) is 143 cm³/mol. The molecule has 0 amide bonds. The molecule has 34 heavy (non-hydrogen) atoms. The van der Waals surface area contributed by atoms with E-state index in [9.17, 15) is 4.39 Å². The number of unbranched alkanes of at least 4 members (excludes halogenated alkanes) is 3. The second-order valence-corrected chi connectivity index (χ2v) is 22.5. The molecule has 0 aliphatic heterocycles. The van der Waals surface area contributed by atoms with Gasteiger partial charge in [0.25, 0.3) is 0 Å². The van der Waals surface area contributed by atoms with Gasteiger partial charge in [-0.2, -0.15) is 0 Å². The van der Waals surface area contributed by atoms with E-state index in [2.05, 4.69) is 49.7 Å². The molecule has 0 radical (unpaired) electrons. The Morgan fingerprint density at radius 2 is 1.56 bits per heavy atom. The number of benzene rings is 1. The number of ether oxygens (including phenoxy) is 2. The number of imidazole rings is 1. The SMILES string of the molecule is CCC[CH2][Sn]([CH2]CCC)([CH2]CCC)[c]1ccc2nc(-c3ccc(OCCF)c(OC)c3)cn2c1. The van der Waals surface area contributed by atoms with E-state index in [-0.39, 0.29) is 6.61 Å². The Bertz CT molecular complexity index is 1010. The van der Waals surface area contributed by atoms with Crippen LogP contribution in [0.3, 0.4) is 0 Å². The van der Waals surface area contributed by atoms with E-state index in [4.69, 9.17) is 14.5 Å². The van der Waals surface area contributed by atoms with Crippen LogP contribution in [0.15, 0.2) is 42.7 Å². The summed E-state index contributed by atoms with van der Waals surface area (Å²) < 4.78 is 31.7. The van der Waals surface area contributed by atoms with Gasteiger partial charge in [0.2, 0.25) is 0 Å². The van der Waals surface area contributed by atoms with Crippen LogP contribution in [0.1, 0.15) is 59.3 Å². The van der Waals surface area contributed by atoms with E-state index < -0.39 is 25.1 Å². The van der Waals surface area contributed by atoms with Crippen LogP contribution in [0.2, 0.25) is 13.3 Å². The number of fused-ring (bicyclic) bond motifs is 1. The number of alkyl halides is 1. The minimum absolute atomic E-state index is 0.0224. The van der Waals surface area contributed by atoms with Crippen molar-refractivity contribution in [3.05, 3.63) is 42.7 Å². The summed E-state index contributed by atoms with van der Waals surface area (Å²) >= 11 is -2.50. The molecular weight excluding hydrogens is 534 g/mol. The van der Waals surface area contributed by atoms with Gasteiger partial charge in [-0.05, 0) is 0 Å². The van der Waals surface area contributed by atoms with Gasteiger partial charge < -0.3 is 0 Å². The summed E-state index contributed by atoms with van der Waals surface area (Å²) in [7, 11) is 1.60. The quantitative estimate of drug-likeness (QED) is 0.177. The van der Waals surface area contributed by atoms with Gasteiger partial charge in [-0.25, -0.2) is 4.39 Å². The third-order valence-electron chi connectivity index (χ3n) is 6.88. The minimum atomic E-state index is -2.50. The molecule has 0 aliphatic carbocycles. The van der Waals surface area contributed by atoms with E-state index in [1.165, 1.54) is 51.8 Å². The van der Waals surface area contributed by atoms with Gasteiger partial charge in [-0.3, -0.25) is 0 Å². The summed E-state index contributed by atoms with van der Waals surface area (Å²) in [5.74, 6) is 1.15. The van der Waals surface area contributed by atoms with Crippen molar-refractivity contribution in [2.75, 3.05) is 20.4 Å². The normalized spacial score (nSPS) is 11.8. The Balaban J connectivity index is 1.98. The monoisotopic (exact) mass is 576 g/mol. The molecule has 3 aromatic rings. The van der Waals surface area contributed by atoms with Crippen molar-refractivity contribution in [2.24, 2.45) is 0 Å². The van der Waals surface area contributed by atoms with Crippen LogP contribution in [0.5, 0.6) is 11.5 Å². The molecule has 2 aromatic heterocycles. The second-order valence-electron chi connectivity index (χ2n) is 9.30. The summed E-state index contributed by atoms with van der Waals surface area (Å²) in [6, 6.07) is 10.3. The van der Waals surface area contributed by atoms with Crippen molar-refractivity contribution in [1.29, 1.82) is 0 Å². The molecule has 4 nitrogen and oxygen atoms in total. The van der Waals surface area contributed by atoms with Gasteiger partial charge in [-0.15, -0.1) is 0 Å². The molecule has 0 unspecified atom stereocenters. The molecule has 0 saturated heterocycles. The summed E-state index contributed by atoms with van der Waals surface area (Å²) in [6.07, 6.45) is 12.4. The number of methoxy groups -OCH3 is 1. The number of aromatic nitrogens is 2. The maximum absolute atomic E-state index is 12.5. The van der Waals surface area contributed by atoms with Crippen LogP contribution in [-0.4, -0.2) is 48.2 Å². The Morgan fingerprint density at radius 1 is 0.882 bits per heavy atom. The number of nitrogens with zero attached hydrogens (tertiary/aromatic N) is 2. The molecule has 0 saturated carbocycles. The molecule has 186 valence electrons. The van der Waals surface area contributed by atoms with Gasteiger partial charge in [0, 0.05) is 0 Å². The van der Waals surface area contributed by atoms with Crippen LogP contribution in [0.25, 0.3) is 16.9 Å². The molecule has 0 spiro atoms. The van der Waals surface area contributed by atoms with Crippen molar-refractivity contribution in [3.8, 4) is 22.8 Å². The van der Waals surface area contributed by atoms with Crippen molar-refractivity contribution < 1.29 is 13.9 Å². The zero-order valence-electron chi connectivity index (χ0n) is 21.4. The summed E-state index contributed by atoms with van der Waals surface area (Å²) in [5.41, 5.74) is 2.84. The van der Waals surface area contributed by atoms with Crippen LogP contribution < -0.4 is 13.1 Å². The Morgan fingerprint density at radius 3 is 2.15 bits per heavy atom. The van der Waals surface area contributed by atoms with Crippen molar-refractivity contribution >= 4 is 27.6 Å². The van der Waals surface area contributed by atoms with Crippen molar-refractivity contribution in [3.63, 3.8) is 0 Å². The maximum atomic E-state index is 12.5. The van der Waals surface area contributed by atoms with Gasteiger partial charge in [0.15, 0.2) is 0 Å². The Labute approximate surface area is 208 Å². The average Bonchev–Trinajstić information content (AvgIpc) is 3.30. The third-order valence-corrected chi connectivity index (χ3v) is 22.4. The first-order chi connectivity index (χ1) is 16.6. The Kier molecular flexibility index (Phi) is 10.5. The van der Waals surface area contributed by atoms with Crippen molar-refractivity contribution in [2.45, 2.75) is 72.6 Å². The topological polar surface area (TPSA) is 35.8 Å². The molecule has 0 atom stereocenters. The molecule has 1 aromatic carbocycles. The van der Waals surface area contributed by atoms with E-state index in [0.717, 1.165) is 16.9 Å². The van der Waals surface area contributed by atoms with Crippen LogP contribution in [0, 0.1) is 0 Å². The first-order valence-electron chi connectivity index (χ1n) is 13.0. The number of halogens is 1. The number of hydrogen-bond donors (Lipinski definition) is 0. The fourth-order valence-corrected chi connectivity index (χ4v) is 20.8. The summed E-state index contributed by atoms with van der Waals surface area (Å²) in [5, 5.41) is 0. The standard InChI is InChI=1S/C16H14FN2O2.3C4H9.Sn/c1-20-15-10-12(5-6-14(15)21-9-7-17)13-11-19-8-3-2-4-16(19)18-13;3*1-3-4-2;/h2,4-6,8,10-11H,7,9H2,1H3;3*1,3-4H2,2H3;. The van der Waals surface area contributed by atoms with E-state index in [1.807, 2.05) is 18.2 Å². The fourth-order valence-electron chi connectivity index (χ4n) is 4.89. The molecule has 0 bridgehead atoms. The average molecular weight is 575 g/mol. The zero-order valence-corrected chi connectivity index (χ0v) is 24.3. The third kappa shape index (κ3) is 6.46. The molecule has 3 rings (SSSR count). The van der Waals surface area contributed by atoms with Gasteiger partial charge >= 0.3 is 205 Å². The van der Waals surface area contributed by atoms with E-state index in [1.54, 1.807) is 10.7 Å². The molecule has 0 N–H and O–H groups in total. The predicted octanol–water partition coefficient (Wildman–Crippen LogP) is 7.41. The first-order valence-corrected chi connectivity index (χ1v) is 20.4. The van der Waals surface area contributed by atoms with Crippen LogP contribution in [0.4, 0.5) is 4.39 Å². The molecule has 0 aliphatic rings.